The molecule has 0 saturated carbocycles. The Kier molecular flexibility index (Phi) is 6.04. The fourth-order valence-electron chi connectivity index (χ4n) is 1.32. The molecule has 0 saturated heterocycles. The zero-order valence-electron chi connectivity index (χ0n) is 8.74. The van der Waals surface area contributed by atoms with Gasteiger partial charge in [-0.25, -0.2) is 0 Å². The minimum Gasteiger partial charge on any atom is -0.481 e. The van der Waals surface area contributed by atoms with Crippen LogP contribution in [-0.4, -0.2) is 24.2 Å². The van der Waals surface area contributed by atoms with Gasteiger partial charge in [0.1, 0.15) is 0 Å². The molecule has 1 aromatic rings. The first kappa shape index (κ1) is 12.2. The van der Waals surface area contributed by atoms with Crippen LogP contribution < -0.4 is 5.32 Å². The Bertz CT molecular complexity index is 272. The number of aliphatic carboxylic acids is 1. The van der Waals surface area contributed by atoms with E-state index in [1.54, 1.807) is 11.3 Å². The molecule has 84 valence electrons. The summed E-state index contributed by atoms with van der Waals surface area (Å²) in [7, 11) is 0. The molecule has 0 aliphatic rings. The van der Waals surface area contributed by atoms with Crippen molar-refractivity contribution in [2.45, 2.75) is 25.7 Å². The molecule has 0 atom stereocenters. The minimum atomic E-state index is -0.700. The normalized spacial score (nSPS) is 10.4. The van der Waals surface area contributed by atoms with E-state index in [0.29, 0.717) is 0 Å². The van der Waals surface area contributed by atoms with Gasteiger partial charge in [0.05, 0.1) is 0 Å². The lowest BCUT2D eigenvalue weighted by molar-refractivity contribution is -0.137. The number of carboxylic acid groups (broad SMARTS) is 1. The van der Waals surface area contributed by atoms with E-state index in [1.165, 1.54) is 4.88 Å². The number of hydrogen-bond acceptors (Lipinski definition) is 3. The molecule has 0 radical (unpaired) electrons. The van der Waals surface area contributed by atoms with Crippen molar-refractivity contribution in [3.05, 3.63) is 22.4 Å². The Morgan fingerprint density at radius 2 is 2.27 bits per heavy atom. The Hall–Kier alpha value is -0.870. The molecular weight excluding hydrogens is 210 g/mol. The van der Waals surface area contributed by atoms with Crippen LogP contribution in [0, 0.1) is 0 Å². The Morgan fingerprint density at radius 3 is 2.93 bits per heavy atom. The molecule has 0 amide bonds. The van der Waals surface area contributed by atoms with E-state index in [2.05, 4.69) is 22.8 Å². The van der Waals surface area contributed by atoms with Gasteiger partial charge >= 0.3 is 5.97 Å². The monoisotopic (exact) mass is 227 g/mol. The Labute approximate surface area is 94.1 Å². The quantitative estimate of drug-likeness (QED) is 0.669. The van der Waals surface area contributed by atoms with E-state index in [4.69, 9.17) is 5.11 Å². The van der Waals surface area contributed by atoms with Crippen molar-refractivity contribution >= 4 is 17.3 Å². The summed E-state index contributed by atoms with van der Waals surface area (Å²) in [5, 5.41) is 13.8. The zero-order chi connectivity index (χ0) is 10.9. The molecule has 3 nitrogen and oxygen atoms in total. The first-order valence-electron chi connectivity index (χ1n) is 5.24. The van der Waals surface area contributed by atoms with Crippen molar-refractivity contribution in [3.8, 4) is 0 Å². The summed E-state index contributed by atoms with van der Waals surface area (Å²) in [6, 6.07) is 4.20. The minimum absolute atomic E-state index is 0.284. The number of hydrogen-bond donors (Lipinski definition) is 2. The van der Waals surface area contributed by atoms with Crippen LogP contribution in [0.3, 0.4) is 0 Å². The third-order valence-corrected chi connectivity index (χ3v) is 3.06. The smallest absolute Gasteiger partial charge is 0.303 e. The van der Waals surface area contributed by atoms with E-state index >= 15 is 0 Å². The summed E-state index contributed by atoms with van der Waals surface area (Å²) in [6.45, 7) is 1.90. The highest BCUT2D eigenvalue weighted by Gasteiger charge is 1.96. The lowest BCUT2D eigenvalue weighted by Crippen LogP contribution is -2.18. The van der Waals surface area contributed by atoms with E-state index in [9.17, 15) is 4.79 Å². The molecule has 15 heavy (non-hydrogen) atoms. The van der Waals surface area contributed by atoms with Crippen LogP contribution in [-0.2, 0) is 11.2 Å². The van der Waals surface area contributed by atoms with Gasteiger partial charge in [0.2, 0.25) is 0 Å². The summed E-state index contributed by atoms with van der Waals surface area (Å²) >= 11 is 1.78. The van der Waals surface area contributed by atoms with Crippen molar-refractivity contribution in [2.75, 3.05) is 13.1 Å². The summed E-state index contributed by atoms with van der Waals surface area (Å²) < 4.78 is 0. The zero-order valence-corrected chi connectivity index (χ0v) is 9.55. The second kappa shape index (κ2) is 7.43. The highest BCUT2D eigenvalue weighted by atomic mass is 32.1. The lowest BCUT2D eigenvalue weighted by Gasteiger charge is -2.02. The molecule has 0 aromatic carbocycles. The topological polar surface area (TPSA) is 49.3 Å². The van der Waals surface area contributed by atoms with Gasteiger partial charge < -0.3 is 10.4 Å². The molecular formula is C11H17NO2S. The van der Waals surface area contributed by atoms with Crippen molar-refractivity contribution in [1.29, 1.82) is 0 Å². The van der Waals surface area contributed by atoms with Crippen LogP contribution >= 0.6 is 11.3 Å². The summed E-state index contributed by atoms with van der Waals surface area (Å²) in [4.78, 5) is 11.6. The van der Waals surface area contributed by atoms with E-state index < -0.39 is 5.97 Å². The SMILES string of the molecule is O=C(O)CCCCNCCc1cccs1. The number of thiophene rings is 1. The first-order chi connectivity index (χ1) is 7.29. The second-order valence-electron chi connectivity index (χ2n) is 3.43. The van der Waals surface area contributed by atoms with Gasteiger partial charge in [-0.05, 0) is 43.8 Å². The van der Waals surface area contributed by atoms with Gasteiger partial charge in [-0.15, -0.1) is 11.3 Å². The van der Waals surface area contributed by atoms with Gasteiger partial charge in [0.15, 0.2) is 0 Å². The molecule has 0 unspecified atom stereocenters. The van der Waals surface area contributed by atoms with Gasteiger partial charge in [-0.2, -0.15) is 0 Å². The summed E-state index contributed by atoms with van der Waals surface area (Å²) in [6.07, 6.45) is 3.06. The maximum atomic E-state index is 10.2. The predicted molar refractivity (Wildman–Crippen MR) is 62.4 cm³/mol. The summed E-state index contributed by atoms with van der Waals surface area (Å²) in [5.74, 6) is -0.700. The van der Waals surface area contributed by atoms with Crippen LogP contribution in [0.4, 0.5) is 0 Å². The summed E-state index contributed by atoms with van der Waals surface area (Å²) in [5.41, 5.74) is 0. The maximum absolute atomic E-state index is 10.2. The number of carboxylic acids is 1. The van der Waals surface area contributed by atoms with Gasteiger partial charge in [-0.1, -0.05) is 6.07 Å². The van der Waals surface area contributed by atoms with E-state index in [0.717, 1.165) is 32.4 Å². The fraction of sp³-hybridized carbons (Fsp3) is 0.545. The average molecular weight is 227 g/mol. The Balaban J connectivity index is 1.87. The van der Waals surface area contributed by atoms with Crippen molar-refractivity contribution in [3.63, 3.8) is 0 Å². The van der Waals surface area contributed by atoms with E-state index in [1.807, 2.05) is 0 Å². The van der Waals surface area contributed by atoms with Gasteiger partial charge in [0.25, 0.3) is 0 Å². The molecule has 0 aliphatic heterocycles. The molecule has 2 N–H and O–H groups in total. The lowest BCUT2D eigenvalue weighted by atomic mass is 10.2. The Morgan fingerprint density at radius 1 is 1.40 bits per heavy atom. The largest absolute Gasteiger partial charge is 0.481 e. The van der Waals surface area contributed by atoms with Crippen LogP contribution in [0.15, 0.2) is 17.5 Å². The number of nitrogens with one attached hydrogen (secondary N) is 1. The third-order valence-electron chi connectivity index (χ3n) is 2.12. The second-order valence-corrected chi connectivity index (χ2v) is 4.46. The predicted octanol–water partition coefficient (Wildman–Crippen LogP) is 2.14. The molecule has 0 fully saturated rings. The number of unbranched alkanes of at least 4 members (excludes halogenated alkanes) is 1. The molecule has 0 spiro atoms. The maximum Gasteiger partial charge on any atom is 0.303 e. The van der Waals surface area contributed by atoms with Gasteiger partial charge in [-0.3, -0.25) is 4.79 Å². The fourth-order valence-corrected chi connectivity index (χ4v) is 2.03. The molecule has 0 bridgehead atoms. The van der Waals surface area contributed by atoms with Gasteiger partial charge in [0, 0.05) is 11.3 Å². The molecule has 4 heteroatoms. The average Bonchev–Trinajstić information content (AvgIpc) is 2.68. The standard InChI is InChI=1S/C11H17NO2S/c13-11(14)5-1-2-7-12-8-6-10-4-3-9-15-10/h3-4,9,12H,1-2,5-8H2,(H,13,14). The van der Waals surface area contributed by atoms with Crippen molar-refractivity contribution in [2.24, 2.45) is 0 Å². The highest BCUT2D eigenvalue weighted by Crippen LogP contribution is 2.07. The van der Waals surface area contributed by atoms with Crippen LogP contribution in [0.2, 0.25) is 0 Å². The molecule has 1 rings (SSSR count). The van der Waals surface area contributed by atoms with Crippen LogP contribution in [0.5, 0.6) is 0 Å². The third kappa shape index (κ3) is 6.25. The number of rotatable bonds is 8. The molecule has 1 heterocycles. The van der Waals surface area contributed by atoms with Crippen LogP contribution in [0.25, 0.3) is 0 Å². The van der Waals surface area contributed by atoms with Crippen molar-refractivity contribution in [1.82, 2.24) is 5.32 Å². The highest BCUT2D eigenvalue weighted by molar-refractivity contribution is 7.09. The first-order valence-corrected chi connectivity index (χ1v) is 6.12. The van der Waals surface area contributed by atoms with Crippen molar-refractivity contribution < 1.29 is 9.90 Å². The van der Waals surface area contributed by atoms with Crippen LogP contribution in [0.1, 0.15) is 24.1 Å². The van der Waals surface area contributed by atoms with E-state index in [-0.39, 0.29) is 6.42 Å². The molecule has 0 aliphatic carbocycles. The molecule has 1 aromatic heterocycles. The number of carbonyl (C=O) groups is 1.